The summed E-state index contributed by atoms with van der Waals surface area (Å²) >= 11 is 0. The third kappa shape index (κ3) is 3.32. The number of hydrogen-bond acceptors (Lipinski definition) is 3. The number of nitrogens with one attached hydrogen (secondary N) is 1. The Bertz CT molecular complexity index is 1070. The fourth-order valence-electron chi connectivity index (χ4n) is 3.70. The van der Waals surface area contributed by atoms with E-state index in [9.17, 15) is 14.4 Å². The normalized spacial score (nSPS) is 14.4. The molecule has 1 fully saturated rings. The second-order valence-corrected chi connectivity index (χ2v) is 6.83. The summed E-state index contributed by atoms with van der Waals surface area (Å²) < 4.78 is 3.36. The maximum atomic E-state index is 12.8. The van der Waals surface area contributed by atoms with E-state index in [1.54, 1.807) is 6.07 Å². The van der Waals surface area contributed by atoms with Gasteiger partial charge in [0.15, 0.2) is 0 Å². The van der Waals surface area contributed by atoms with Gasteiger partial charge in [0.2, 0.25) is 11.8 Å². The first-order chi connectivity index (χ1) is 13.1. The van der Waals surface area contributed by atoms with Gasteiger partial charge in [0, 0.05) is 32.3 Å². The Morgan fingerprint density at radius 3 is 2.59 bits per heavy atom. The number of likely N-dealkylation sites (tertiary alicyclic amines) is 1. The van der Waals surface area contributed by atoms with Crippen LogP contribution in [0.25, 0.3) is 16.6 Å². The summed E-state index contributed by atoms with van der Waals surface area (Å²) in [5, 5.41) is 2.86. The number of benzene rings is 1. The molecular weight excluding hydrogens is 344 g/mol. The van der Waals surface area contributed by atoms with Crippen LogP contribution in [0.5, 0.6) is 0 Å². The first kappa shape index (κ1) is 17.3. The number of fused-ring (bicyclic) bond motifs is 3. The maximum absolute atomic E-state index is 12.8. The smallest absolute Gasteiger partial charge is 0.275 e. The van der Waals surface area contributed by atoms with Gasteiger partial charge < -0.3 is 14.6 Å². The van der Waals surface area contributed by atoms with E-state index < -0.39 is 0 Å². The van der Waals surface area contributed by atoms with Crippen LogP contribution < -0.4 is 10.9 Å². The fourth-order valence-corrected chi connectivity index (χ4v) is 3.70. The summed E-state index contributed by atoms with van der Waals surface area (Å²) in [6.07, 6.45) is 4.11. The van der Waals surface area contributed by atoms with Crippen molar-refractivity contribution < 1.29 is 9.59 Å². The van der Waals surface area contributed by atoms with Gasteiger partial charge in [-0.1, -0.05) is 12.1 Å². The summed E-state index contributed by atoms with van der Waals surface area (Å²) in [4.78, 5) is 38.6. The Kier molecular flexibility index (Phi) is 4.66. The molecular formula is C20H22N4O3. The lowest BCUT2D eigenvalue weighted by atomic mass is 10.2. The summed E-state index contributed by atoms with van der Waals surface area (Å²) in [5.74, 6) is -0.00856. The Labute approximate surface area is 156 Å². The molecule has 0 radical (unpaired) electrons. The number of para-hydroxylation sites is 2. The highest BCUT2D eigenvalue weighted by Crippen LogP contribution is 2.15. The third-order valence-electron chi connectivity index (χ3n) is 5.05. The van der Waals surface area contributed by atoms with Gasteiger partial charge in [0.05, 0.1) is 11.0 Å². The van der Waals surface area contributed by atoms with Crippen molar-refractivity contribution in [3.63, 3.8) is 0 Å². The quantitative estimate of drug-likeness (QED) is 0.670. The molecule has 1 saturated heterocycles. The molecule has 1 aliphatic rings. The SMILES string of the molecule is O=C(Cn1c(=O)c2cccn2c2ccccc21)NCCCN1CCCC1=O. The van der Waals surface area contributed by atoms with E-state index in [0.29, 0.717) is 31.4 Å². The van der Waals surface area contributed by atoms with Crippen molar-refractivity contribution in [1.29, 1.82) is 0 Å². The Hall–Kier alpha value is -3.09. The number of hydrogen-bond donors (Lipinski definition) is 1. The molecule has 27 heavy (non-hydrogen) atoms. The van der Waals surface area contributed by atoms with Crippen LogP contribution in [0.2, 0.25) is 0 Å². The average molecular weight is 366 g/mol. The molecule has 0 spiro atoms. The van der Waals surface area contributed by atoms with Crippen LogP contribution in [0.15, 0.2) is 47.4 Å². The molecule has 2 aromatic heterocycles. The zero-order valence-corrected chi connectivity index (χ0v) is 15.1. The monoisotopic (exact) mass is 366 g/mol. The molecule has 140 valence electrons. The van der Waals surface area contributed by atoms with Gasteiger partial charge in [-0.2, -0.15) is 0 Å². The van der Waals surface area contributed by atoms with E-state index in [2.05, 4.69) is 5.32 Å². The van der Waals surface area contributed by atoms with Crippen molar-refractivity contribution in [2.24, 2.45) is 0 Å². The van der Waals surface area contributed by atoms with Gasteiger partial charge in [-0.3, -0.25) is 19.0 Å². The lowest BCUT2D eigenvalue weighted by Gasteiger charge is -2.16. The van der Waals surface area contributed by atoms with Crippen molar-refractivity contribution in [1.82, 2.24) is 19.2 Å². The number of nitrogens with zero attached hydrogens (tertiary/aromatic N) is 3. The molecule has 1 N–H and O–H groups in total. The van der Waals surface area contributed by atoms with Crippen molar-refractivity contribution in [2.75, 3.05) is 19.6 Å². The molecule has 0 saturated carbocycles. The van der Waals surface area contributed by atoms with E-state index in [0.717, 1.165) is 24.0 Å². The Balaban J connectivity index is 1.46. The molecule has 0 bridgehead atoms. The van der Waals surface area contributed by atoms with E-state index >= 15 is 0 Å². The van der Waals surface area contributed by atoms with Crippen molar-refractivity contribution in [3.05, 3.63) is 52.9 Å². The predicted octanol–water partition coefficient (Wildman–Crippen LogP) is 1.38. The van der Waals surface area contributed by atoms with Crippen LogP contribution in [0.3, 0.4) is 0 Å². The summed E-state index contributed by atoms with van der Waals surface area (Å²) in [6.45, 7) is 1.94. The molecule has 7 heteroatoms. The summed E-state index contributed by atoms with van der Waals surface area (Å²) in [6, 6.07) is 11.1. The van der Waals surface area contributed by atoms with Gasteiger partial charge in [-0.25, -0.2) is 0 Å². The molecule has 2 amide bonds. The Morgan fingerprint density at radius 1 is 1.04 bits per heavy atom. The second kappa shape index (κ2) is 7.26. The van der Waals surface area contributed by atoms with Crippen LogP contribution in [-0.2, 0) is 16.1 Å². The van der Waals surface area contributed by atoms with Gasteiger partial charge >= 0.3 is 0 Å². The third-order valence-corrected chi connectivity index (χ3v) is 5.05. The molecule has 7 nitrogen and oxygen atoms in total. The van der Waals surface area contributed by atoms with Crippen LogP contribution in [0.1, 0.15) is 19.3 Å². The number of rotatable bonds is 6. The second-order valence-electron chi connectivity index (χ2n) is 6.83. The molecule has 3 aromatic rings. The highest BCUT2D eigenvalue weighted by Gasteiger charge is 2.19. The zero-order valence-electron chi connectivity index (χ0n) is 15.1. The Morgan fingerprint density at radius 2 is 1.81 bits per heavy atom. The van der Waals surface area contributed by atoms with Crippen molar-refractivity contribution >= 4 is 28.4 Å². The number of amides is 2. The van der Waals surface area contributed by atoms with Gasteiger partial charge in [0.1, 0.15) is 12.1 Å². The highest BCUT2D eigenvalue weighted by atomic mass is 16.2. The van der Waals surface area contributed by atoms with Crippen LogP contribution in [-0.4, -0.2) is 45.3 Å². The number of carbonyl (C=O) groups is 2. The standard InChI is InChI=1S/C20H22N4O3/c25-18(21-10-5-12-22-11-4-9-19(22)26)14-24-16-7-2-1-6-15(16)23-13-3-8-17(23)20(24)27/h1-3,6-8,13H,4-5,9-12,14H2,(H,21,25). The maximum Gasteiger partial charge on any atom is 0.275 e. The zero-order chi connectivity index (χ0) is 18.8. The van der Waals surface area contributed by atoms with Crippen molar-refractivity contribution in [3.8, 4) is 0 Å². The lowest BCUT2D eigenvalue weighted by molar-refractivity contribution is -0.127. The van der Waals surface area contributed by atoms with Gasteiger partial charge in [0.25, 0.3) is 5.56 Å². The molecule has 3 heterocycles. The van der Waals surface area contributed by atoms with E-state index in [-0.39, 0.29) is 23.9 Å². The molecule has 1 aromatic carbocycles. The fraction of sp³-hybridized carbons (Fsp3) is 0.350. The average Bonchev–Trinajstić information content (AvgIpc) is 3.32. The molecule has 4 rings (SSSR count). The molecule has 1 aliphatic heterocycles. The highest BCUT2D eigenvalue weighted by molar-refractivity contribution is 5.82. The lowest BCUT2D eigenvalue weighted by Crippen LogP contribution is -2.35. The first-order valence-corrected chi connectivity index (χ1v) is 9.28. The molecule has 0 unspecified atom stereocenters. The van der Waals surface area contributed by atoms with Crippen LogP contribution >= 0.6 is 0 Å². The molecule has 0 atom stereocenters. The number of aromatic nitrogens is 2. The topological polar surface area (TPSA) is 75.8 Å². The summed E-state index contributed by atoms with van der Waals surface area (Å²) in [7, 11) is 0. The summed E-state index contributed by atoms with van der Waals surface area (Å²) in [5.41, 5.74) is 1.98. The minimum absolute atomic E-state index is 0.0241. The van der Waals surface area contributed by atoms with E-state index in [1.165, 1.54) is 4.57 Å². The minimum atomic E-state index is -0.203. The van der Waals surface area contributed by atoms with Gasteiger partial charge in [-0.15, -0.1) is 0 Å². The van der Waals surface area contributed by atoms with Crippen LogP contribution in [0.4, 0.5) is 0 Å². The minimum Gasteiger partial charge on any atom is -0.354 e. The van der Waals surface area contributed by atoms with E-state index in [1.807, 2.05) is 45.8 Å². The van der Waals surface area contributed by atoms with Crippen molar-refractivity contribution in [2.45, 2.75) is 25.8 Å². The van der Waals surface area contributed by atoms with E-state index in [4.69, 9.17) is 0 Å². The van der Waals surface area contributed by atoms with Crippen LogP contribution in [0, 0.1) is 0 Å². The largest absolute Gasteiger partial charge is 0.354 e. The van der Waals surface area contributed by atoms with Gasteiger partial charge in [-0.05, 0) is 37.1 Å². The first-order valence-electron chi connectivity index (χ1n) is 9.28. The predicted molar refractivity (Wildman–Crippen MR) is 103 cm³/mol. The number of carbonyl (C=O) groups excluding carboxylic acids is 2. The molecule has 0 aliphatic carbocycles.